The molecule has 0 saturated carbocycles. The topological polar surface area (TPSA) is 66.7 Å². The van der Waals surface area contributed by atoms with E-state index in [1.54, 1.807) is 6.92 Å². The third-order valence-electron chi connectivity index (χ3n) is 4.03. The molecular weight excluding hydrogens is 300 g/mol. The fourth-order valence-electron chi connectivity index (χ4n) is 2.66. The van der Waals surface area contributed by atoms with Crippen LogP contribution in [0.1, 0.15) is 38.7 Å². The summed E-state index contributed by atoms with van der Waals surface area (Å²) >= 11 is 0. The van der Waals surface area contributed by atoms with Gasteiger partial charge in [0.1, 0.15) is 11.5 Å². The van der Waals surface area contributed by atoms with Crippen LogP contribution in [0.4, 0.5) is 14.5 Å². The summed E-state index contributed by atoms with van der Waals surface area (Å²) in [6, 6.07) is 2.08. The van der Waals surface area contributed by atoms with E-state index in [-0.39, 0.29) is 17.9 Å². The molecule has 21 heavy (non-hydrogen) atoms. The number of benzene rings is 1. The number of rotatable bonds is 5. The van der Waals surface area contributed by atoms with Crippen molar-refractivity contribution in [1.29, 1.82) is 0 Å². The maximum atomic E-state index is 13.8. The predicted octanol–water partition coefficient (Wildman–Crippen LogP) is 3.39. The van der Waals surface area contributed by atoms with Gasteiger partial charge in [0.25, 0.3) is 10.1 Å². The number of aliphatic imine (C=N–C) groups is 1. The Morgan fingerprint density at radius 1 is 1.29 bits per heavy atom. The number of hydrogen-bond donors (Lipinski definition) is 1. The van der Waals surface area contributed by atoms with Crippen molar-refractivity contribution in [2.24, 2.45) is 4.99 Å². The first-order valence-electron chi connectivity index (χ1n) is 6.64. The molecule has 1 N–H and O–H groups in total. The zero-order chi connectivity index (χ0) is 15.8. The molecule has 1 aromatic carbocycles. The molecule has 0 amide bonds. The summed E-state index contributed by atoms with van der Waals surface area (Å²) < 4.78 is 57.3. The van der Waals surface area contributed by atoms with Gasteiger partial charge in [-0.3, -0.25) is 9.55 Å². The van der Waals surface area contributed by atoms with Gasteiger partial charge in [0.15, 0.2) is 5.82 Å². The van der Waals surface area contributed by atoms with E-state index in [1.165, 1.54) is 6.07 Å². The summed E-state index contributed by atoms with van der Waals surface area (Å²) in [5, 5.41) is 0. The zero-order valence-electron chi connectivity index (χ0n) is 11.9. The van der Waals surface area contributed by atoms with Gasteiger partial charge in [-0.25, -0.2) is 8.78 Å². The molecule has 1 atom stereocenters. The molecule has 0 aromatic heterocycles. The maximum Gasteiger partial charge on any atom is 0.264 e. The summed E-state index contributed by atoms with van der Waals surface area (Å²) in [6.45, 7) is 3.59. The Morgan fingerprint density at radius 3 is 2.57 bits per heavy atom. The van der Waals surface area contributed by atoms with Crippen molar-refractivity contribution in [2.75, 3.05) is 5.75 Å². The standard InChI is InChI=1S/C14H17F2NO3S/c1-9-14(2,5-3-4-6-21(18,19)20)11-7-10(15)8-12(16)13(11)17-9/h7-8H,3-6H2,1-2H3,(H,18,19,20). The largest absolute Gasteiger partial charge is 0.286 e. The van der Waals surface area contributed by atoms with Gasteiger partial charge in [0, 0.05) is 17.2 Å². The molecule has 1 unspecified atom stereocenters. The first-order chi connectivity index (χ1) is 9.63. The number of hydrogen-bond acceptors (Lipinski definition) is 3. The number of fused-ring (bicyclic) bond motifs is 1. The molecule has 1 aliphatic heterocycles. The smallest absolute Gasteiger partial charge is 0.264 e. The average Bonchev–Trinajstić information content (AvgIpc) is 2.59. The molecule has 1 aliphatic rings. The Hall–Kier alpha value is -1.34. The minimum Gasteiger partial charge on any atom is -0.286 e. The minimum absolute atomic E-state index is 0.158. The molecule has 4 nitrogen and oxygen atoms in total. The highest BCUT2D eigenvalue weighted by molar-refractivity contribution is 7.85. The van der Waals surface area contributed by atoms with Gasteiger partial charge < -0.3 is 0 Å². The Labute approximate surface area is 122 Å². The maximum absolute atomic E-state index is 13.8. The highest BCUT2D eigenvalue weighted by atomic mass is 32.2. The molecule has 116 valence electrons. The van der Waals surface area contributed by atoms with E-state index in [4.69, 9.17) is 4.55 Å². The average molecular weight is 317 g/mol. The van der Waals surface area contributed by atoms with Crippen molar-refractivity contribution >= 4 is 21.5 Å². The van der Waals surface area contributed by atoms with Crippen molar-refractivity contribution in [3.05, 3.63) is 29.3 Å². The fourth-order valence-corrected chi connectivity index (χ4v) is 3.23. The highest BCUT2D eigenvalue weighted by Gasteiger charge is 2.38. The third-order valence-corrected chi connectivity index (χ3v) is 4.83. The van der Waals surface area contributed by atoms with Crippen molar-refractivity contribution in [3.8, 4) is 0 Å². The van der Waals surface area contributed by atoms with E-state index in [0.29, 0.717) is 24.1 Å². The van der Waals surface area contributed by atoms with Gasteiger partial charge in [0.2, 0.25) is 0 Å². The quantitative estimate of drug-likeness (QED) is 0.668. The lowest BCUT2D eigenvalue weighted by Gasteiger charge is -2.26. The van der Waals surface area contributed by atoms with Crippen molar-refractivity contribution in [1.82, 2.24) is 0 Å². The van der Waals surface area contributed by atoms with Crippen LogP contribution >= 0.6 is 0 Å². The molecular formula is C14H17F2NO3S. The van der Waals surface area contributed by atoms with Gasteiger partial charge in [-0.2, -0.15) is 8.42 Å². The second-order valence-electron chi connectivity index (χ2n) is 5.56. The lowest BCUT2D eigenvalue weighted by atomic mass is 9.76. The summed E-state index contributed by atoms with van der Waals surface area (Å²) in [7, 11) is -3.98. The predicted molar refractivity (Wildman–Crippen MR) is 76.7 cm³/mol. The highest BCUT2D eigenvalue weighted by Crippen LogP contribution is 2.44. The van der Waals surface area contributed by atoms with Crippen LogP contribution in [-0.4, -0.2) is 24.4 Å². The van der Waals surface area contributed by atoms with E-state index in [0.717, 1.165) is 6.07 Å². The molecule has 0 saturated heterocycles. The Balaban J connectivity index is 2.19. The summed E-state index contributed by atoms with van der Waals surface area (Å²) in [6.07, 6.45) is 1.29. The third kappa shape index (κ3) is 3.29. The molecule has 7 heteroatoms. The first kappa shape index (κ1) is 16.0. The van der Waals surface area contributed by atoms with Crippen LogP contribution in [0, 0.1) is 11.6 Å². The number of halogens is 2. The lowest BCUT2D eigenvalue weighted by molar-refractivity contribution is 0.475. The van der Waals surface area contributed by atoms with Gasteiger partial charge >= 0.3 is 0 Å². The lowest BCUT2D eigenvalue weighted by Crippen LogP contribution is -2.27. The van der Waals surface area contributed by atoms with Gasteiger partial charge in [0.05, 0.1) is 5.75 Å². The normalized spacial score (nSPS) is 21.3. The number of nitrogens with zero attached hydrogens (tertiary/aromatic N) is 1. The molecule has 0 spiro atoms. The van der Waals surface area contributed by atoms with Gasteiger partial charge in [-0.05, 0) is 31.4 Å². The second kappa shape index (κ2) is 5.46. The summed E-state index contributed by atoms with van der Waals surface area (Å²) in [5.74, 6) is -1.66. The second-order valence-corrected chi connectivity index (χ2v) is 7.13. The summed E-state index contributed by atoms with van der Waals surface area (Å²) in [4.78, 5) is 4.18. The van der Waals surface area contributed by atoms with Crippen LogP contribution in [0.25, 0.3) is 0 Å². The van der Waals surface area contributed by atoms with Crippen LogP contribution in [0.5, 0.6) is 0 Å². The molecule has 0 radical (unpaired) electrons. The Morgan fingerprint density at radius 2 is 1.95 bits per heavy atom. The van der Waals surface area contributed by atoms with E-state index in [1.807, 2.05) is 6.92 Å². The van der Waals surface area contributed by atoms with E-state index in [9.17, 15) is 17.2 Å². The van der Waals surface area contributed by atoms with E-state index in [2.05, 4.69) is 4.99 Å². The monoisotopic (exact) mass is 317 g/mol. The minimum atomic E-state index is -3.98. The Bertz CT molecular complexity index is 700. The molecule has 1 heterocycles. The van der Waals surface area contributed by atoms with Crippen molar-refractivity contribution in [2.45, 2.75) is 38.5 Å². The van der Waals surface area contributed by atoms with Crippen molar-refractivity contribution in [3.63, 3.8) is 0 Å². The van der Waals surface area contributed by atoms with E-state index >= 15 is 0 Å². The molecule has 0 bridgehead atoms. The van der Waals surface area contributed by atoms with Crippen LogP contribution in [0.3, 0.4) is 0 Å². The molecule has 0 aliphatic carbocycles. The van der Waals surface area contributed by atoms with E-state index < -0.39 is 27.2 Å². The van der Waals surface area contributed by atoms with Crippen molar-refractivity contribution < 1.29 is 21.8 Å². The molecule has 2 rings (SSSR count). The van der Waals surface area contributed by atoms with Gasteiger partial charge in [-0.15, -0.1) is 0 Å². The SMILES string of the molecule is CC1=Nc2c(F)cc(F)cc2C1(C)CCCCS(=O)(=O)O. The van der Waals surface area contributed by atoms with Crippen LogP contribution in [0.2, 0.25) is 0 Å². The van der Waals surface area contributed by atoms with Gasteiger partial charge in [-0.1, -0.05) is 13.3 Å². The first-order valence-corrected chi connectivity index (χ1v) is 8.25. The Kier molecular flexibility index (Phi) is 4.17. The number of unbranched alkanes of at least 4 members (excludes halogenated alkanes) is 1. The fraction of sp³-hybridized carbons (Fsp3) is 0.500. The van der Waals surface area contributed by atoms with Crippen LogP contribution in [-0.2, 0) is 15.5 Å². The molecule has 0 fully saturated rings. The molecule has 1 aromatic rings. The van der Waals surface area contributed by atoms with Crippen LogP contribution < -0.4 is 0 Å². The summed E-state index contributed by atoms with van der Waals surface area (Å²) in [5.41, 5.74) is 0.710. The zero-order valence-corrected chi connectivity index (χ0v) is 12.7. The van der Waals surface area contributed by atoms with Crippen LogP contribution in [0.15, 0.2) is 17.1 Å².